The third-order valence-electron chi connectivity index (χ3n) is 4.43. The summed E-state index contributed by atoms with van der Waals surface area (Å²) in [7, 11) is 0. The van der Waals surface area contributed by atoms with Crippen molar-refractivity contribution in [1.82, 2.24) is 9.55 Å². The Morgan fingerprint density at radius 3 is 2.95 bits per heavy atom. The molecule has 0 saturated heterocycles. The molecule has 1 heterocycles. The summed E-state index contributed by atoms with van der Waals surface area (Å²) in [5.41, 5.74) is 6.34. The summed E-state index contributed by atoms with van der Waals surface area (Å²) in [6, 6.07) is 0.563. The van der Waals surface area contributed by atoms with Crippen LogP contribution in [-0.2, 0) is 11.2 Å². The van der Waals surface area contributed by atoms with Crippen molar-refractivity contribution in [2.45, 2.75) is 51.5 Å². The van der Waals surface area contributed by atoms with E-state index in [-0.39, 0.29) is 5.92 Å². The van der Waals surface area contributed by atoms with Crippen LogP contribution in [0.4, 0.5) is 0 Å². The van der Waals surface area contributed by atoms with Crippen molar-refractivity contribution in [2.24, 2.45) is 17.6 Å². The standard InChI is InChI=1S/C15H25N3O2/c1-2-11-6-14(7-11)18-9-13(17-10-18)8-12(15(19)20)4-3-5-16/h9-12,14H,2-8,16H2,1H3,(H,19,20). The lowest BCUT2D eigenvalue weighted by atomic mass is 9.78. The van der Waals surface area contributed by atoms with Gasteiger partial charge in [0.15, 0.2) is 0 Å². The minimum Gasteiger partial charge on any atom is -0.481 e. The molecule has 5 nitrogen and oxygen atoms in total. The third-order valence-corrected chi connectivity index (χ3v) is 4.43. The van der Waals surface area contributed by atoms with Crippen LogP contribution in [0.2, 0.25) is 0 Å². The van der Waals surface area contributed by atoms with Crippen LogP contribution in [0.5, 0.6) is 0 Å². The predicted octanol–water partition coefficient (Wildman–Crippen LogP) is 2.23. The molecule has 2 rings (SSSR count). The molecule has 0 amide bonds. The average Bonchev–Trinajstić information content (AvgIpc) is 2.81. The number of carbonyl (C=O) groups is 1. The van der Waals surface area contributed by atoms with Crippen LogP contribution in [0, 0.1) is 11.8 Å². The first-order valence-corrected chi connectivity index (χ1v) is 7.59. The number of nitrogens with zero attached hydrogens (tertiary/aromatic N) is 2. The van der Waals surface area contributed by atoms with Gasteiger partial charge in [-0.1, -0.05) is 13.3 Å². The summed E-state index contributed by atoms with van der Waals surface area (Å²) in [5, 5.41) is 9.23. The van der Waals surface area contributed by atoms with Crippen LogP contribution < -0.4 is 5.73 Å². The van der Waals surface area contributed by atoms with Gasteiger partial charge in [-0.2, -0.15) is 0 Å². The molecule has 3 N–H and O–H groups in total. The molecule has 1 aromatic rings. The number of carboxylic acids is 1. The number of hydrogen-bond acceptors (Lipinski definition) is 3. The largest absolute Gasteiger partial charge is 0.481 e. The number of hydrogen-bond donors (Lipinski definition) is 2. The van der Waals surface area contributed by atoms with Crippen molar-refractivity contribution < 1.29 is 9.90 Å². The Balaban J connectivity index is 1.89. The third kappa shape index (κ3) is 3.60. The number of imidazole rings is 1. The molecule has 1 atom stereocenters. The maximum Gasteiger partial charge on any atom is 0.306 e. The number of aliphatic carboxylic acids is 1. The van der Waals surface area contributed by atoms with Crippen LogP contribution in [0.1, 0.15) is 50.8 Å². The highest BCUT2D eigenvalue weighted by atomic mass is 16.4. The van der Waals surface area contributed by atoms with Crippen molar-refractivity contribution in [3.05, 3.63) is 18.2 Å². The van der Waals surface area contributed by atoms with Gasteiger partial charge in [0.05, 0.1) is 17.9 Å². The van der Waals surface area contributed by atoms with E-state index in [1.807, 2.05) is 12.5 Å². The van der Waals surface area contributed by atoms with Gasteiger partial charge in [0.1, 0.15) is 0 Å². The van der Waals surface area contributed by atoms with Gasteiger partial charge in [0, 0.05) is 18.7 Å². The SMILES string of the molecule is CCC1CC(n2cnc(CC(CCCN)C(=O)O)c2)C1. The number of rotatable bonds is 8. The normalized spacial score (nSPS) is 23.3. The van der Waals surface area contributed by atoms with Crippen molar-refractivity contribution in [2.75, 3.05) is 6.54 Å². The van der Waals surface area contributed by atoms with Gasteiger partial charge >= 0.3 is 5.97 Å². The maximum absolute atomic E-state index is 11.2. The lowest BCUT2D eigenvalue weighted by Crippen LogP contribution is -2.25. The zero-order valence-electron chi connectivity index (χ0n) is 12.2. The van der Waals surface area contributed by atoms with E-state index >= 15 is 0 Å². The summed E-state index contributed by atoms with van der Waals surface area (Å²) in [6.07, 6.45) is 9.45. The van der Waals surface area contributed by atoms with E-state index < -0.39 is 5.97 Å². The second kappa shape index (κ2) is 6.88. The number of carboxylic acid groups (broad SMARTS) is 1. The summed E-state index contributed by atoms with van der Waals surface area (Å²) in [4.78, 5) is 15.6. The summed E-state index contributed by atoms with van der Waals surface area (Å²) in [6.45, 7) is 2.77. The fourth-order valence-electron chi connectivity index (χ4n) is 2.89. The fourth-order valence-corrected chi connectivity index (χ4v) is 2.89. The molecule has 1 saturated carbocycles. The Kier molecular flexibility index (Phi) is 5.17. The van der Waals surface area contributed by atoms with Crippen LogP contribution in [0.15, 0.2) is 12.5 Å². The van der Waals surface area contributed by atoms with E-state index in [1.165, 1.54) is 19.3 Å². The Bertz CT molecular complexity index is 438. The van der Waals surface area contributed by atoms with Crippen LogP contribution in [0.3, 0.4) is 0 Å². The molecular weight excluding hydrogens is 254 g/mol. The van der Waals surface area contributed by atoms with Crippen molar-refractivity contribution in [3.63, 3.8) is 0 Å². The summed E-state index contributed by atoms with van der Waals surface area (Å²) >= 11 is 0. The lowest BCUT2D eigenvalue weighted by Gasteiger charge is -2.35. The monoisotopic (exact) mass is 279 g/mol. The minimum absolute atomic E-state index is 0.369. The summed E-state index contributed by atoms with van der Waals surface area (Å²) < 4.78 is 2.16. The van der Waals surface area contributed by atoms with E-state index in [2.05, 4.69) is 16.5 Å². The zero-order valence-corrected chi connectivity index (χ0v) is 12.2. The van der Waals surface area contributed by atoms with Gasteiger partial charge in [0.2, 0.25) is 0 Å². The van der Waals surface area contributed by atoms with Gasteiger partial charge in [0.25, 0.3) is 0 Å². The molecule has 1 aromatic heterocycles. The smallest absolute Gasteiger partial charge is 0.306 e. The Morgan fingerprint density at radius 1 is 1.60 bits per heavy atom. The summed E-state index contributed by atoms with van der Waals surface area (Å²) in [5.74, 6) is -0.267. The molecule has 0 aliphatic heterocycles. The topological polar surface area (TPSA) is 81.1 Å². The van der Waals surface area contributed by atoms with Crippen LogP contribution in [-0.4, -0.2) is 27.2 Å². The fraction of sp³-hybridized carbons (Fsp3) is 0.733. The Morgan fingerprint density at radius 2 is 2.35 bits per heavy atom. The van der Waals surface area contributed by atoms with Gasteiger partial charge in [-0.25, -0.2) is 4.98 Å². The first-order valence-electron chi connectivity index (χ1n) is 7.59. The Labute approximate surface area is 120 Å². The van der Waals surface area contributed by atoms with E-state index in [4.69, 9.17) is 5.73 Å². The molecule has 112 valence electrons. The number of nitrogens with two attached hydrogens (primary N) is 1. The van der Waals surface area contributed by atoms with Crippen molar-refractivity contribution >= 4 is 5.97 Å². The highest BCUT2D eigenvalue weighted by molar-refractivity contribution is 5.70. The second-order valence-electron chi connectivity index (χ2n) is 5.88. The molecule has 0 spiro atoms. The molecule has 20 heavy (non-hydrogen) atoms. The zero-order chi connectivity index (χ0) is 14.5. The van der Waals surface area contributed by atoms with Gasteiger partial charge in [-0.15, -0.1) is 0 Å². The molecule has 0 radical (unpaired) electrons. The minimum atomic E-state index is -0.748. The molecule has 0 aromatic carbocycles. The molecule has 0 bridgehead atoms. The van der Waals surface area contributed by atoms with Gasteiger partial charge in [-0.05, 0) is 38.1 Å². The second-order valence-corrected chi connectivity index (χ2v) is 5.88. The molecule has 1 fully saturated rings. The molecule has 1 aliphatic carbocycles. The lowest BCUT2D eigenvalue weighted by molar-refractivity contribution is -0.142. The number of aromatic nitrogens is 2. The first kappa shape index (κ1) is 15.0. The highest BCUT2D eigenvalue weighted by Gasteiger charge is 2.29. The van der Waals surface area contributed by atoms with Crippen molar-refractivity contribution in [3.8, 4) is 0 Å². The molecule has 1 unspecified atom stereocenters. The quantitative estimate of drug-likeness (QED) is 0.764. The molecule has 1 aliphatic rings. The molecule has 5 heteroatoms. The van der Waals surface area contributed by atoms with Crippen LogP contribution in [0.25, 0.3) is 0 Å². The van der Waals surface area contributed by atoms with E-state index in [0.717, 1.165) is 18.0 Å². The average molecular weight is 279 g/mol. The highest BCUT2D eigenvalue weighted by Crippen LogP contribution is 2.39. The van der Waals surface area contributed by atoms with E-state index in [9.17, 15) is 9.90 Å². The van der Waals surface area contributed by atoms with E-state index in [0.29, 0.717) is 25.4 Å². The predicted molar refractivity (Wildman–Crippen MR) is 77.4 cm³/mol. The molecular formula is C15H25N3O2. The van der Waals surface area contributed by atoms with Gasteiger partial charge < -0.3 is 15.4 Å². The van der Waals surface area contributed by atoms with Crippen LogP contribution >= 0.6 is 0 Å². The first-order chi connectivity index (χ1) is 9.63. The van der Waals surface area contributed by atoms with Crippen molar-refractivity contribution in [1.29, 1.82) is 0 Å². The van der Waals surface area contributed by atoms with Gasteiger partial charge in [-0.3, -0.25) is 4.79 Å². The van der Waals surface area contributed by atoms with E-state index in [1.54, 1.807) is 0 Å². The maximum atomic E-state index is 11.2. The Hall–Kier alpha value is -1.36.